The van der Waals surface area contributed by atoms with Crippen LogP contribution >= 0.6 is 11.6 Å². The third-order valence-electron chi connectivity index (χ3n) is 7.83. The van der Waals surface area contributed by atoms with Gasteiger partial charge in [0.2, 0.25) is 11.8 Å². The molecule has 2 aromatic carbocycles. The molecule has 1 heterocycles. The largest absolute Gasteiger partial charge is 0.445 e. The van der Waals surface area contributed by atoms with Gasteiger partial charge in [0.05, 0.1) is 0 Å². The summed E-state index contributed by atoms with van der Waals surface area (Å²) in [6, 6.07) is 13.4. The van der Waals surface area contributed by atoms with Crippen molar-refractivity contribution in [2.75, 3.05) is 18.0 Å². The third kappa shape index (κ3) is 9.01. The molecule has 4 rings (SSSR count). The van der Waals surface area contributed by atoms with E-state index in [1.54, 1.807) is 29.2 Å². The van der Waals surface area contributed by atoms with Crippen LogP contribution < -0.4 is 20.9 Å². The average Bonchev–Trinajstić information content (AvgIpc) is 3.22. The predicted octanol–water partition coefficient (Wildman–Crippen LogP) is 3.83. The quantitative estimate of drug-likeness (QED) is 0.228. The van der Waals surface area contributed by atoms with Crippen LogP contribution in [0.3, 0.4) is 0 Å². The maximum atomic E-state index is 13.4. The van der Waals surface area contributed by atoms with Gasteiger partial charge in [-0.05, 0) is 41.7 Å². The van der Waals surface area contributed by atoms with Gasteiger partial charge in [-0.2, -0.15) is 0 Å². The summed E-state index contributed by atoms with van der Waals surface area (Å²) < 4.78 is 5.32. The Morgan fingerprint density at radius 2 is 1.93 bits per heavy atom. The number of para-hydroxylation sites is 1. The van der Waals surface area contributed by atoms with Crippen LogP contribution in [0.2, 0.25) is 5.02 Å². The van der Waals surface area contributed by atoms with E-state index < -0.39 is 23.8 Å². The first-order chi connectivity index (χ1) is 20.3. The molecule has 1 aliphatic heterocycles. The van der Waals surface area contributed by atoms with E-state index in [1.165, 1.54) is 0 Å². The van der Waals surface area contributed by atoms with Crippen molar-refractivity contribution in [1.29, 1.82) is 0 Å². The predicted molar refractivity (Wildman–Crippen MR) is 159 cm³/mol. The molecule has 0 saturated heterocycles. The lowest BCUT2D eigenvalue weighted by molar-refractivity contribution is -0.141. The highest BCUT2D eigenvalue weighted by Gasteiger charge is 2.35. The molecule has 3 amide bonds. The second kappa shape index (κ2) is 15.1. The topological polar surface area (TPSA) is 137 Å². The second-order valence-corrected chi connectivity index (χ2v) is 11.5. The molecule has 0 aromatic heterocycles. The number of benzene rings is 2. The van der Waals surface area contributed by atoms with Gasteiger partial charge in [-0.1, -0.05) is 74.0 Å². The molecule has 0 radical (unpaired) electrons. The van der Waals surface area contributed by atoms with Crippen LogP contribution in [0.1, 0.15) is 62.5 Å². The Kier molecular flexibility index (Phi) is 11.3. The Morgan fingerprint density at radius 1 is 1.14 bits per heavy atom. The number of rotatable bonds is 11. The normalized spacial score (nSPS) is 17.6. The summed E-state index contributed by atoms with van der Waals surface area (Å²) in [5.41, 5.74) is 0.155. The summed E-state index contributed by atoms with van der Waals surface area (Å²) in [5, 5.41) is 19.8. The Labute approximate surface area is 251 Å². The highest BCUT2D eigenvalue weighted by atomic mass is 35.5. The third-order valence-corrected chi connectivity index (χ3v) is 8.06. The monoisotopic (exact) mass is 598 g/mol. The molecule has 0 spiro atoms. The summed E-state index contributed by atoms with van der Waals surface area (Å²) in [6.07, 6.45) is 4.30. The van der Waals surface area contributed by atoms with Crippen LogP contribution in [-0.2, 0) is 32.3 Å². The first kappa shape index (κ1) is 31.5. The molecule has 1 fully saturated rings. The molecule has 11 heteroatoms. The molecule has 0 bridgehead atoms. The second-order valence-electron chi connectivity index (χ2n) is 11.0. The molecule has 10 nitrogen and oxygen atoms in total. The maximum absolute atomic E-state index is 13.4. The number of aldehydes is 1. The molecular weight excluding hydrogens is 560 g/mol. The van der Waals surface area contributed by atoms with Crippen molar-refractivity contribution in [2.24, 2.45) is 5.92 Å². The molecule has 42 heavy (non-hydrogen) atoms. The van der Waals surface area contributed by atoms with Crippen LogP contribution in [-0.4, -0.2) is 54.2 Å². The molecule has 226 valence electrons. The van der Waals surface area contributed by atoms with Gasteiger partial charge >= 0.3 is 6.09 Å². The van der Waals surface area contributed by atoms with E-state index in [2.05, 4.69) is 16.0 Å². The van der Waals surface area contributed by atoms with Crippen molar-refractivity contribution in [1.82, 2.24) is 16.0 Å². The number of anilines is 1. The minimum absolute atomic E-state index is 0.0420. The number of halogens is 1. The Hall–Kier alpha value is -3.47. The number of aliphatic hydroxyl groups is 1. The van der Waals surface area contributed by atoms with Gasteiger partial charge in [0.25, 0.3) is 0 Å². The molecule has 1 aliphatic carbocycles. The zero-order valence-electron chi connectivity index (χ0n) is 23.6. The number of hydrogen-bond acceptors (Lipinski definition) is 7. The minimum atomic E-state index is -2.28. The number of carbonyl (C=O) groups is 4. The molecule has 1 saturated carbocycles. The number of carbonyl (C=O) groups excluding carboxylic acids is 4. The van der Waals surface area contributed by atoms with Crippen molar-refractivity contribution in [3.05, 3.63) is 64.7 Å². The van der Waals surface area contributed by atoms with Crippen LogP contribution in [0.4, 0.5) is 10.5 Å². The molecule has 4 N–H and O–H groups in total. The van der Waals surface area contributed by atoms with E-state index in [0.717, 1.165) is 43.4 Å². The van der Waals surface area contributed by atoms with Gasteiger partial charge in [-0.3, -0.25) is 14.4 Å². The van der Waals surface area contributed by atoms with E-state index in [-0.39, 0.29) is 37.6 Å². The fourth-order valence-electron chi connectivity index (χ4n) is 5.55. The van der Waals surface area contributed by atoms with E-state index in [0.29, 0.717) is 36.6 Å². The lowest BCUT2D eigenvalue weighted by Crippen LogP contribution is -2.57. The number of ether oxygens (including phenoxy) is 1. The SMILES string of the molecule is O=CC(O)(CCC(=O)N1CCNCc2ccccc21)NC(=O)[C@H](CC1CCCCC1)NC(=O)OCc1cccc(Cl)c1. The van der Waals surface area contributed by atoms with Gasteiger partial charge in [-0.15, -0.1) is 0 Å². The molecule has 2 aliphatic rings. The van der Waals surface area contributed by atoms with E-state index in [4.69, 9.17) is 16.3 Å². The first-order valence-electron chi connectivity index (χ1n) is 14.5. The van der Waals surface area contributed by atoms with Crippen molar-refractivity contribution >= 4 is 41.5 Å². The Bertz CT molecular complexity index is 1250. The van der Waals surface area contributed by atoms with Gasteiger partial charge in [0.1, 0.15) is 12.6 Å². The fourth-order valence-corrected chi connectivity index (χ4v) is 5.76. The molecule has 1 unspecified atom stereocenters. The standard InChI is InChI=1S/C31H39ClN4O6/c32-25-11-6-9-23(17-25)20-42-30(40)34-26(18-22-7-2-1-3-8-22)29(39)35-31(41,21-37)14-13-28(38)36-16-15-33-19-24-10-4-5-12-27(24)36/h4-6,9-12,17,21-22,26,33,41H,1-3,7-8,13-16,18-20H2,(H,34,40)(H,35,39)/t26-,31?/m0/s1. The smallest absolute Gasteiger partial charge is 0.408 e. The van der Waals surface area contributed by atoms with Crippen LogP contribution in [0.15, 0.2) is 48.5 Å². The minimum Gasteiger partial charge on any atom is -0.445 e. The van der Waals surface area contributed by atoms with Crippen LogP contribution in [0, 0.1) is 5.92 Å². The fraction of sp³-hybridized carbons (Fsp3) is 0.484. The van der Waals surface area contributed by atoms with Gasteiger partial charge in [0, 0.05) is 43.2 Å². The van der Waals surface area contributed by atoms with Crippen molar-refractivity contribution in [3.63, 3.8) is 0 Å². The molecular formula is C31H39ClN4O6. The van der Waals surface area contributed by atoms with E-state index in [1.807, 2.05) is 24.3 Å². The average molecular weight is 599 g/mol. The van der Waals surface area contributed by atoms with Crippen molar-refractivity contribution in [3.8, 4) is 0 Å². The van der Waals surface area contributed by atoms with E-state index in [9.17, 15) is 24.3 Å². The summed E-state index contributed by atoms with van der Waals surface area (Å²) >= 11 is 6.00. The summed E-state index contributed by atoms with van der Waals surface area (Å²) in [7, 11) is 0. The number of alkyl carbamates (subject to hydrolysis) is 1. The Morgan fingerprint density at radius 3 is 2.69 bits per heavy atom. The summed E-state index contributed by atoms with van der Waals surface area (Å²) in [4.78, 5) is 52.9. The van der Waals surface area contributed by atoms with Crippen LogP contribution in [0.25, 0.3) is 0 Å². The number of hydrogen-bond donors (Lipinski definition) is 4. The zero-order chi connectivity index (χ0) is 30.0. The number of amides is 3. The maximum Gasteiger partial charge on any atom is 0.408 e. The number of nitrogens with zero attached hydrogens (tertiary/aromatic N) is 1. The van der Waals surface area contributed by atoms with Gasteiger partial charge in [-0.25, -0.2) is 4.79 Å². The van der Waals surface area contributed by atoms with Gasteiger partial charge < -0.3 is 30.7 Å². The number of nitrogens with one attached hydrogen (secondary N) is 3. The number of fused-ring (bicyclic) bond motifs is 1. The summed E-state index contributed by atoms with van der Waals surface area (Å²) in [6.45, 7) is 1.62. The molecule has 2 atom stereocenters. The van der Waals surface area contributed by atoms with Crippen molar-refractivity contribution in [2.45, 2.75) is 76.3 Å². The first-order valence-corrected chi connectivity index (χ1v) is 14.9. The van der Waals surface area contributed by atoms with E-state index >= 15 is 0 Å². The molecule has 2 aromatic rings. The summed E-state index contributed by atoms with van der Waals surface area (Å²) in [5.74, 6) is -0.792. The highest BCUT2D eigenvalue weighted by Crippen LogP contribution is 2.28. The van der Waals surface area contributed by atoms with Gasteiger partial charge in [0.15, 0.2) is 12.0 Å². The Balaban J connectivity index is 1.38. The van der Waals surface area contributed by atoms with Crippen molar-refractivity contribution < 1.29 is 29.0 Å². The zero-order valence-corrected chi connectivity index (χ0v) is 24.4. The van der Waals surface area contributed by atoms with Crippen LogP contribution in [0.5, 0.6) is 0 Å². The highest BCUT2D eigenvalue weighted by molar-refractivity contribution is 6.30. The lowest BCUT2D eigenvalue weighted by atomic mass is 9.84. The lowest BCUT2D eigenvalue weighted by Gasteiger charge is -2.30.